The third-order valence-corrected chi connectivity index (χ3v) is 8.32. The molecule has 0 unspecified atom stereocenters. The SMILES string of the molecule is COc1ccc(CCNC(=O)[C@@H]2c3ccccc3C(=O)N(C3CCCC3)[C@@H]2c2cccs2)cc1OC. The normalized spacial score (nSPS) is 19.7. The number of nitrogens with zero attached hydrogens (tertiary/aromatic N) is 1. The molecule has 0 radical (unpaired) electrons. The summed E-state index contributed by atoms with van der Waals surface area (Å²) in [5, 5.41) is 5.21. The van der Waals surface area contributed by atoms with Crippen LogP contribution in [0.2, 0.25) is 0 Å². The fourth-order valence-corrected chi connectivity index (χ4v) is 6.52. The number of benzene rings is 2. The van der Waals surface area contributed by atoms with Gasteiger partial charge in [0.25, 0.3) is 5.91 Å². The number of hydrogen-bond acceptors (Lipinski definition) is 5. The standard InChI is InChI=1S/C29H32N2O4S/c1-34-23-14-13-19(18-24(23)35-2)15-16-30-28(32)26-21-10-5-6-11-22(21)29(33)31(20-8-3-4-9-20)27(26)25-12-7-17-36-25/h5-7,10-14,17-18,20,26-27H,3-4,8-9,15-16H2,1-2H3,(H,30,32)/t26-,27-/m1/s1. The Bertz CT molecular complexity index is 1220. The Morgan fingerprint density at radius 1 is 1.03 bits per heavy atom. The first kappa shape index (κ1) is 24.4. The molecule has 1 aliphatic carbocycles. The van der Waals surface area contributed by atoms with Crippen molar-refractivity contribution in [2.24, 2.45) is 0 Å². The second kappa shape index (κ2) is 10.7. The van der Waals surface area contributed by atoms with Crippen molar-refractivity contribution in [3.8, 4) is 11.5 Å². The Balaban J connectivity index is 1.43. The Kier molecular flexibility index (Phi) is 7.28. The maximum atomic E-state index is 13.9. The minimum atomic E-state index is -0.455. The quantitative estimate of drug-likeness (QED) is 0.449. The van der Waals surface area contributed by atoms with Crippen LogP contribution in [-0.4, -0.2) is 43.5 Å². The van der Waals surface area contributed by atoms with Crippen molar-refractivity contribution in [3.63, 3.8) is 0 Å². The third-order valence-electron chi connectivity index (χ3n) is 7.37. The Morgan fingerprint density at radius 2 is 1.81 bits per heavy atom. The van der Waals surface area contributed by atoms with E-state index in [2.05, 4.69) is 11.4 Å². The van der Waals surface area contributed by atoms with Crippen LogP contribution in [0.5, 0.6) is 11.5 Å². The smallest absolute Gasteiger partial charge is 0.254 e. The molecule has 2 heterocycles. The first-order valence-electron chi connectivity index (χ1n) is 12.6. The lowest BCUT2D eigenvalue weighted by atomic mass is 9.80. The Morgan fingerprint density at radius 3 is 2.53 bits per heavy atom. The zero-order chi connectivity index (χ0) is 25.1. The summed E-state index contributed by atoms with van der Waals surface area (Å²) in [6, 6.07) is 17.4. The molecular weight excluding hydrogens is 472 g/mol. The van der Waals surface area contributed by atoms with Crippen LogP contribution in [0.3, 0.4) is 0 Å². The maximum Gasteiger partial charge on any atom is 0.254 e. The van der Waals surface area contributed by atoms with E-state index in [4.69, 9.17) is 9.47 Å². The molecule has 6 nitrogen and oxygen atoms in total. The van der Waals surface area contributed by atoms with Gasteiger partial charge in [-0.2, -0.15) is 0 Å². The zero-order valence-electron chi connectivity index (χ0n) is 20.7. The minimum absolute atomic E-state index is 0.0446. The van der Waals surface area contributed by atoms with Crippen molar-refractivity contribution in [3.05, 3.63) is 81.5 Å². The topological polar surface area (TPSA) is 67.9 Å². The van der Waals surface area contributed by atoms with Gasteiger partial charge in [0, 0.05) is 23.0 Å². The van der Waals surface area contributed by atoms with Gasteiger partial charge in [0.05, 0.1) is 26.2 Å². The van der Waals surface area contributed by atoms with Gasteiger partial charge < -0.3 is 19.7 Å². The van der Waals surface area contributed by atoms with E-state index in [-0.39, 0.29) is 23.9 Å². The molecule has 1 aliphatic heterocycles. The van der Waals surface area contributed by atoms with Crippen molar-refractivity contribution in [1.82, 2.24) is 10.2 Å². The van der Waals surface area contributed by atoms with Gasteiger partial charge in [-0.1, -0.05) is 43.2 Å². The van der Waals surface area contributed by atoms with Crippen molar-refractivity contribution in [2.45, 2.75) is 50.1 Å². The van der Waals surface area contributed by atoms with Crippen LogP contribution in [0.4, 0.5) is 0 Å². The van der Waals surface area contributed by atoms with E-state index in [0.717, 1.165) is 41.7 Å². The fourth-order valence-electron chi connectivity index (χ4n) is 5.66. The average molecular weight is 505 g/mol. The molecule has 3 aromatic rings. The number of thiophene rings is 1. The maximum absolute atomic E-state index is 13.9. The highest BCUT2D eigenvalue weighted by atomic mass is 32.1. The van der Waals surface area contributed by atoms with Crippen LogP contribution in [0.25, 0.3) is 0 Å². The van der Waals surface area contributed by atoms with Gasteiger partial charge >= 0.3 is 0 Å². The predicted octanol–water partition coefficient (Wildman–Crippen LogP) is 5.35. The third kappa shape index (κ3) is 4.60. The minimum Gasteiger partial charge on any atom is -0.493 e. The molecule has 2 amide bonds. The first-order valence-corrected chi connectivity index (χ1v) is 13.4. The highest BCUT2D eigenvalue weighted by Gasteiger charge is 2.47. The van der Waals surface area contributed by atoms with Crippen LogP contribution in [-0.2, 0) is 11.2 Å². The molecule has 2 aromatic carbocycles. The molecule has 2 atom stereocenters. The number of nitrogens with one attached hydrogen (secondary N) is 1. The van der Waals surface area contributed by atoms with Crippen molar-refractivity contribution in [1.29, 1.82) is 0 Å². The summed E-state index contributed by atoms with van der Waals surface area (Å²) in [5.41, 5.74) is 2.52. The number of fused-ring (bicyclic) bond motifs is 1. The summed E-state index contributed by atoms with van der Waals surface area (Å²) >= 11 is 1.62. The summed E-state index contributed by atoms with van der Waals surface area (Å²) in [5.74, 6) is 0.899. The van der Waals surface area contributed by atoms with Gasteiger partial charge in [0.15, 0.2) is 11.5 Å². The summed E-state index contributed by atoms with van der Waals surface area (Å²) < 4.78 is 10.7. The van der Waals surface area contributed by atoms with Crippen molar-refractivity contribution >= 4 is 23.2 Å². The second-order valence-electron chi connectivity index (χ2n) is 9.41. The van der Waals surface area contributed by atoms with Gasteiger partial charge in [0.2, 0.25) is 5.91 Å². The van der Waals surface area contributed by atoms with Crippen LogP contribution < -0.4 is 14.8 Å². The number of ether oxygens (including phenoxy) is 2. The van der Waals surface area contributed by atoms with Gasteiger partial charge in [-0.15, -0.1) is 11.3 Å². The van der Waals surface area contributed by atoms with E-state index in [0.29, 0.717) is 30.0 Å². The highest BCUT2D eigenvalue weighted by Crippen LogP contribution is 2.47. The molecule has 36 heavy (non-hydrogen) atoms. The van der Waals surface area contributed by atoms with Gasteiger partial charge in [-0.3, -0.25) is 9.59 Å². The lowest BCUT2D eigenvalue weighted by Gasteiger charge is -2.44. The monoisotopic (exact) mass is 504 g/mol. The summed E-state index contributed by atoms with van der Waals surface area (Å²) in [7, 11) is 3.23. The Hall–Kier alpha value is -3.32. The van der Waals surface area contributed by atoms with E-state index >= 15 is 0 Å². The van der Waals surface area contributed by atoms with Crippen molar-refractivity contribution in [2.75, 3.05) is 20.8 Å². The number of carbonyl (C=O) groups is 2. The molecule has 5 rings (SSSR count). The molecule has 1 aromatic heterocycles. The molecule has 0 bridgehead atoms. The molecule has 2 aliphatic rings. The summed E-state index contributed by atoms with van der Waals surface area (Å²) in [6.45, 7) is 0.488. The van der Waals surface area contributed by atoms with E-state index in [1.807, 2.05) is 58.8 Å². The number of hydrogen-bond donors (Lipinski definition) is 1. The molecule has 188 valence electrons. The molecule has 1 saturated carbocycles. The molecule has 1 fully saturated rings. The number of methoxy groups -OCH3 is 2. The van der Waals surface area contributed by atoms with Gasteiger partial charge in [-0.25, -0.2) is 0 Å². The average Bonchev–Trinajstić information content (AvgIpc) is 3.63. The number of carbonyl (C=O) groups excluding carboxylic acids is 2. The largest absolute Gasteiger partial charge is 0.493 e. The van der Waals surface area contributed by atoms with Crippen LogP contribution >= 0.6 is 11.3 Å². The van der Waals surface area contributed by atoms with E-state index in [9.17, 15) is 9.59 Å². The molecule has 0 saturated heterocycles. The zero-order valence-corrected chi connectivity index (χ0v) is 21.6. The molecule has 1 N–H and O–H groups in total. The molecular formula is C29H32N2O4S. The van der Waals surface area contributed by atoms with Gasteiger partial charge in [0.1, 0.15) is 0 Å². The predicted molar refractivity (Wildman–Crippen MR) is 141 cm³/mol. The van der Waals surface area contributed by atoms with Crippen LogP contribution in [0.15, 0.2) is 60.0 Å². The summed E-state index contributed by atoms with van der Waals surface area (Å²) in [4.78, 5) is 30.7. The summed E-state index contributed by atoms with van der Waals surface area (Å²) in [6.07, 6.45) is 4.88. The number of rotatable bonds is 8. The second-order valence-corrected chi connectivity index (χ2v) is 10.4. The fraction of sp³-hybridized carbons (Fsp3) is 0.379. The molecule has 0 spiro atoms. The lowest BCUT2D eigenvalue weighted by Crippen LogP contribution is -2.50. The molecule has 7 heteroatoms. The first-order chi connectivity index (χ1) is 17.6. The number of amides is 2. The van der Waals surface area contributed by atoms with E-state index in [1.165, 1.54) is 0 Å². The van der Waals surface area contributed by atoms with E-state index in [1.54, 1.807) is 25.6 Å². The highest BCUT2D eigenvalue weighted by molar-refractivity contribution is 7.10. The Labute approximate surface area is 216 Å². The van der Waals surface area contributed by atoms with E-state index < -0.39 is 5.92 Å². The van der Waals surface area contributed by atoms with Crippen molar-refractivity contribution < 1.29 is 19.1 Å². The van der Waals surface area contributed by atoms with Crippen LogP contribution in [0.1, 0.15) is 64.0 Å². The van der Waals surface area contributed by atoms with Gasteiger partial charge in [-0.05, 0) is 60.0 Å². The lowest BCUT2D eigenvalue weighted by molar-refractivity contribution is -0.124. The van der Waals surface area contributed by atoms with Crippen LogP contribution in [0, 0.1) is 0 Å².